The zero-order valence-corrected chi connectivity index (χ0v) is 14.5. The van der Waals surface area contributed by atoms with Crippen LogP contribution in [0.5, 0.6) is 11.5 Å². The van der Waals surface area contributed by atoms with Crippen LogP contribution in [-0.2, 0) is 9.53 Å². The minimum atomic E-state index is -1.50. The SMILES string of the molecule is COC(=O)[C@@H]1Oc2c(=O)ccc3c2c(c2ccc(O)c4c(=O)ccc3c24)=C1O. The fourth-order valence-corrected chi connectivity index (χ4v) is 4.00. The number of methoxy groups -OCH3 is 1. The molecule has 0 fully saturated rings. The fraction of sp³-hybridized carbons (Fsp3) is 0.0952. The second-order valence-corrected chi connectivity index (χ2v) is 6.59. The zero-order valence-electron chi connectivity index (χ0n) is 14.5. The van der Waals surface area contributed by atoms with Crippen LogP contribution in [0.3, 0.4) is 0 Å². The van der Waals surface area contributed by atoms with E-state index >= 15 is 0 Å². The lowest BCUT2D eigenvalue weighted by Crippen LogP contribution is -2.38. The van der Waals surface area contributed by atoms with Crippen molar-refractivity contribution in [3.8, 4) is 11.5 Å². The molecule has 4 aromatic carbocycles. The third-order valence-corrected chi connectivity index (χ3v) is 5.19. The molecule has 1 aliphatic rings. The largest absolute Gasteiger partial charge is 0.507 e. The number of esters is 1. The van der Waals surface area contributed by atoms with Gasteiger partial charge >= 0.3 is 5.97 Å². The van der Waals surface area contributed by atoms with Gasteiger partial charge in [0.25, 0.3) is 6.10 Å². The predicted octanol–water partition coefficient (Wildman–Crippen LogP) is 1.33. The van der Waals surface area contributed by atoms with Crippen molar-refractivity contribution >= 4 is 44.0 Å². The Hall–Kier alpha value is -3.87. The Morgan fingerprint density at radius 2 is 1.54 bits per heavy atom. The molecule has 7 heteroatoms. The number of ether oxygens (including phenoxy) is 2. The first-order valence-electron chi connectivity index (χ1n) is 8.42. The predicted molar refractivity (Wildman–Crippen MR) is 102 cm³/mol. The molecule has 0 saturated carbocycles. The Morgan fingerprint density at radius 1 is 0.893 bits per heavy atom. The smallest absolute Gasteiger partial charge is 0.355 e. The maximum atomic E-state index is 12.5. The van der Waals surface area contributed by atoms with Crippen LogP contribution >= 0.6 is 0 Å². The minimum Gasteiger partial charge on any atom is -0.507 e. The molecule has 0 saturated heterocycles. The van der Waals surface area contributed by atoms with Crippen LogP contribution in [0.25, 0.3) is 38.1 Å². The summed E-state index contributed by atoms with van der Waals surface area (Å²) in [6.07, 6.45) is -1.50. The third-order valence-electron chi connectivity index (χ3n) is 5.19. The number of phenolic OH excluding ortho intramolecular Hbond substituents is 1. The normalized spacial score (nSPS) is 15.9. The second-order valence-electron chi connectivity index (χ2n) is 6.59. The molecule has 5 rings (SSSR count). The van der Waals surface area contributed by atoms with E-state index in [1.807, 2.05) is 0 Å². The van der Waals surface area contributed by atoms with Crippen molar-refractivity contribution in [2.75, 3.05) is 7.11 Å². The molecule has 7 nitrogen and oxygen atoms in total. The van der Waals surface area contributed by atoms with Crippen molar-refractivity contribution in [2.24, 2.45) is 0 Å². The number of aromatic hydroxyl groups is 1. The monoisotopic (exact) mass is 376 g/mol. The van der Waals surface area contributed by atoms with Crippen molar-refractivity contribution in [1.82, 2.24) is 0 Å². The van der Waals surface area contributed by atoms with Crippen LogP contribution in [0, 0.1) is 0 Å². The van der Waals surface area contributed by atoms with E-state index in [1.54, 1.807) is 12.1 Å². The summed E-state index contributed by atoms with van der Waals surface area (Å²) in [5.74, 6) is -1.54. The number of fused-ring (bicyclic) bond motifs is 2. The molecule has 138 valence electrons. The molecule has 0 radical (unpaired) electrons. The first-order valence-corrected chi connectivity index (χ1v) is 8.42. The maximum absolute atomic E-state index is 12.5. The van der Waals surface area contributed by atoms with E-state index in [-0.39, 0.29) is 27.5 Å². The van der Waals surface area contributed by atoms with Crippen molar-refractivity contribution in [3.05, 3.63) is 62.1 Å². The molecule has 2 N–H and O–H groups in total. The summed E-state index contributed by atoms with van der Waals surface area (Å²) in [4.78, 5) is 37.0. The summed E-state index contributed by atoms with van der Waals surface area (Å²) < 4.78 is 10.2. The fourth-order valence-electron chi connectivity index (χ4n) is 4.00. The Bertz CT molecular complexity index is 1500. The molecular weight excluding hydrogens is 364 g/mol. The van der Waals surface area contributed by atoms with Gasteiger partial charge in [-0.3, -0.25) is 9.59 Å². The van der Waals surface area contributed by atoms with Gasteiger partial charge in [0.05, 0.1) is 12.5 Å². The maximum Gasteiger partial charge on any atom is 0.355 e. The van der Waals surface area contributed by atoms with Crippen molar-refractivity contribution in [1.29, 1.82) is 0 Å². The molecule has 0 aromatic heterocycles. The molecule has 0 amide bonds. The number of aliphatic hydroxyl groups is 1. The van der Waals surface area contributed by atoms with Gasteiger partial charge in [-0.2, -0.15) is 0 Å². The molecule has 0 unspecified atom stereocenters. The molecule has 1 heterocycles. The van der Waals surface area contributed by atoms with E-state index < -0.39 is 23.3 Å². The number of carbonyl (C=O) groups is 1. The van der Waals surface area contributed by atoms with Crippen LogP contribution in [0.2, 0.25) is 0 Å². The van der Waals surface area contributed by atoms with Crippen LogP contribution in [0.1, 0.15) is 0 Å². The lowest BCUT2D eigenvalue weighted by atomic mass is 9.90. The standard InChI is InChI=1S/C21H12O7/c1-27-21(26)20-18(25)15-10-4-6-12(23)17-11(22)5-2-8(14(10)17)9-3-7-13(24)19(28-20)16(9)15/h2-7,20,23,25H,1H3/t20-/m1/s1. The van der Waals surface area contributed by atoms with Gasteiger partial charge in [-0.15, -0.1) is 0 Å². The molecule has 28 heavy (non-hydrogen) atoms. The van der Waals surface area contributed by atoms with Crippen molar-refractivity contribution in [2.45, 2.75) is 6.10 Å². The van der Waals surface area contributed by atoms with Crippen LogP contribution < -0.4 is 20.8 Å². The molecule has 0 bridgehead atoms. The highest BCUT2D eigenvalue weighted by molar-refractivity contribution is 6.24. The van der Waals surface area contributed by atoms with Gasteiger partial charge < -0.3 is 19.7 Å². The van der Waals surface area contributed by atoms with E-state index in [0.717, 1.165) is 7.11 Å². The zero-order chi connectivity index (χ0) is 19.7. The van der Waals surface area contributed by atoms with Gasteiger partial charge in [-0.1, -0.05) is 0 Å². The van der Waals surface area contributed by atoms with Crippen LogP contribution in [0.4, 0.5) is 0 Å². The number of benzene rings is 4. The van der Waals surface area contributed by atoms with E-state index in [2.05, 4.69) is 4.74 Å². The summed E-state index contributed by atoms with van der Waals surface area (Å²) in [5, 5.41) is 23.8. The number of rotatable bonds is 1. The molecular formula is C21H12O7. The first-order chi connectivity index (χ1) is 13.4. The van der Waals surface area contributed by atoms with Crippen LogP contribution in [0.15, 0.2) is 46.0 Å². The number of carbonyl (C=O) groups excluding carboxylic acids is 1. The van der Waals surface area contributed by atoms with Gasteiger partial charge in [0.1, 0.15) is 5.75 Å². The highest BCUT2D eigenvalue weighted by Gasteiger charge is 2.34. The van der Waals surface area contributed by atoms with Gasteiger partial charge in [-0.25, -0.2) is 4.79 Å². The second kappa shape index (κ2) is 5.32. The Kier molecular flexibility index (Phi) is 3.10. The van der Waals surface area contributed by atoms with E-state index in [0.29, 0.717) is 26.9 Å². The van der Waals surface area contributed by atoms with E-state index in [4.69, 9.17) is 4.74 Å². The topological polar surface area (TPSA) is 110 Å². The van der Waals surface area contributed by atoms with Gasteiger partial charge in [0.2, 0.25) is 5.43 Å². The number of hydrogen-bond donors (Lipinski definition) is 2. The Morgan fingerprint density at radius 3 is 2.25 bits per heavy atom. The average molecular weight is 376 g/mol. The minimum absolute atomic E-state index is 0.0706. The van der Waals surface area contributed by atoms with E-state index in [1.165, 1.54) is 24.3 Å². The first kappa shape index (κ1) is 16.3. The van der Waals surface area contributed by atoms with E-state index in [9.17, 15) is 24.6 Å². The molecule has 0 spiro atoms. The number of aliphatic hydroxyl groups excluding tert-OH is 1. The summed E-state index contributed by atoms with van der Waals surface area (Å²) in [6, 6.07) is 8.70. The molecule has 0 aliphatic carbocycles. The van der Waals surface area contributed by atoms with Crippen molar-refractivity contribution < 1.29 is 24.5 Å². The summed E-state index contributed by atoms with van der Waals surface area (Å²) in [6.45, 7) is 0. The quantitative estimate of drug-likeness (QED) is 0.293. The highest BCUT2D eigenvalue weighted by atomic mass is 16.6. The third kappa shape index (κ3) is 1.85. The Labute approximate surface area is 156 Å². The molecule has 4 aromatic rings. The average Bonchev–Trinajstić information content (AvgIpc) is 2.69. The highest BCUT2D eigenvalue weighted by Crippen LogP contribution is 2.37. The Balaban J connectivity index is 2.19. The van der Waals surface area contributed by atoms with Gasteiger partial charge in [0, 0.05) is 16.0 Å². The van der Waals surface area contributed by atoms with Gasteiger partial charge in [0.15, 0.2) is 16.9 Å². The van der Waals surface area contributed by atoms with Crippen molar-refractivity contribution in [3.63, 3.8) is 0 Å². The summed E-state index contributed by atoms with van der Waals surface area (Å²) in [5.41, 5.74) is -0.824. The number of hydrogen-bond acceptors (Lipinski definition) is 7. The lowest BCUT2D eigenvalue weighted by Gasteiger charge is -2.23. The summed E-state index contributed by atoms with van der Waals surface area (Å²) in [7, 11) is 1.15. The lowest BCUT2D eigenvalue weighted by molar-refractivity contribution is -0.146. The summed E-state index contributed by atoms with van der Waals surface area (Å²) >= 11 is 0. The van der Waals surface area contributed by atoms with Crippen LogP contribution in [-0.4, -0.2) is 29.4 Å². The van der Waals surface area contributed by atoms with Gasteiger partial charge in [-0.05, 0) is 52.6 Å². The number of phenols is 1. The molecule has 1 aliphatic heterocycles. The molecule has 1 atom stereocenters.